The van der Waals surface area contributed by atoms with Gasteiger partial charge in [-0.25, -0.2) is 4.98 Å². The second-order valence-electron chi connectivity index (χ2n) is 6.00. The maximum absolute atomic E-state index is 13.1. The molecule has 2 aromatic heterocycles. The number of thioether (sulfide) groups is 1. The van der Waals surface area contributed by atoms with Crippen molar-refractivity contribution in [1.82, 2.24) is 9.55 Å². The van der Waals surface area contributed by atoms with Crippen molar-refractivity contribution in [2.45, 2.75) is 10.9 Å². The summed E-state index contributed by atoms with van der Waals surface area (Å²) in [7, 11) is 0. The molecule has 4 aromatic rings. The van der Waals surface area contributed by atoms with Crippen LogP contribution in [-0.4, -0.2) is 15.5 Å². The zero-order valence-electron chi connectivity index (χ0n) is 14.5. The molecule has 5 nitrogen and oxygen atoms in total. The number of carbonyl (C=O) groups excluding carboxylic acids is 1. The molecule has 4 rings (SSSR count). The number of amides is 1. The lowest BCUT2D eigenvalue weighted by Crippen LogP contribution is -2.21. The van der Waals surface area contributed by atoms with E-state index in [1.165, 1.54) is 23.1 Å². The summed E-state index contributed by atoms with van der Waals surface area (Å²) in [6.07, 6.45) is 0. The van der Waals surface area contributed by atoms with Gasteiger partial charge in [0.1, 0.15) is 4.70 Å². The lowest BCUT2D eigenvalue weighted by Gasteiger charge is -2.12. The van der Waals surface area contributed by atoms with Gasteiger partial charge in [-0.1, -0.05) is 35.5 Å². The van der Waals surface area contributed by atoms with Gasteiger partial charge in [-0.05, 0) is 53.4 Å². The van der Waals surface area contributed by atoms with E-state index in [9.17, 15) is 9.59 Å². The number of hydrogen-bond donors (Lipinski definition) is 1. The zero-order chi connectivity index (χ0) is 19.7. The van der Waals surface area contributed by atoms with E-state index >= 15 is 0 Å². The van der Waals surface area contributed by atoms with E-state index in [0.717, 1.165) is 5.56 Å². The molecule has 0 saturated carbocycles. The van der Waals surface area contributed by atoms with Crippen LogP contribution in [0.4, 0.5) is 0 Å². The standard InChI is InChI=1S/C20H14ClN3O2S2/c21-14-5-1-12(2-6-14)11-28-20-23-16-9-10-27-17(16)19(26)24(20)15-7-3-13(4-8-15)18(22)25/h1-10H,11H2,(H2,22,25). The van der Waals surface area contributed by atoms with Crippen molar-refractivity contribution >= 4 is 50.8 Å². The SMILES string of the molecule is NC(=O)c1ccc(-n2c(SCc3ccc(Cl)cc3)nc3ccsc3c2=O)cc1. The van der Waals surface area contributed by atoms with Crippen LogP contribution in [0.15, 0.2) is 69.9 Å². The lowest BCUT2D eigenvalue weighted by atomic mass is 10.2. The third kappa shape index (κ3) is 3.69. The smallest absolute Gasteiger partial charge is 0.276 e. The van der Waals surface area contributed by atoms with Crippen LogP contribution >= 0.6 is 34.7 Å². The number of primary amides is 1. The summed E-state index contributed by atoms with van der Waals surface area (Å²) in [4.78, 5) is 29.1. The third-order valence-electron chi connectivity index (χ3n) is 4.14. The molecule has 140 valence electrons. The van der Waals surface area contributed by atoms with Gasteiger partial charge >= 0.3 is 0 Å². The number of fused-ring (bicyclic) bond motifs is 1. The molecule has 1 amide bonds. The summed E-state index contributed by atoms with van der Waals surface area (Å²) in [5.41, 5.74) is 7.96. The predicted octanol–water partition coefficient (Wildman–Crippen LogP) is 4.49. The highest BCUT2D eigenvalue weighted by Crippen LogP contribution is 2.26. The number of rotatable bonds is 5. The van der Waals surface area contributed by atoms with E-state index in [2.05, 4.69) is 4.98 Å². The van der Waals surface area contributed by atoms with Gasteiger partial charge in [0, 0.05) is 16.3 Å². The highest BCUT2D eigenvalue weighted by Gasteiger charge is 2.15. The predicted molar refractivity (Wildman–Crippen MR) is 115 cm³/mol. The molecule has 0 saturated heterocycles. The van der Waals surface area contributed by atoms with Crippen LogP contribution in [0, 0.1) is 0 Å². The zero-order valence-corrected chi connectivity index (χ0v) is 16.9. The molecule has 2 heterocycles. The monoisotopic (exact) mass is 427 g/mol. The molecule has 0 radical (unpaired) electrons. The molecule has 0 fully saturated rings. The molecule has 0 aliphatic rings. The van der Waals surface area contributed by atoms with E-state index in [4.69, 9.17) is 17.3 Å². The molecule has 0 aliphatic heterocycles. The van der Waals surface area contributed by atoms with E-state index in [1.54, 1.807) is 28.8 Å². The molecule has 0 unspecified atom stereocenters. The van der Waals surface area contributed by atoms with Crippen molar-refractivity contribution in [1.29, 1.82) is 0 Å². The molecule has 28 heavy (non-hydrogen) atoms. The number of nitrogens with two attached hydrogens (primary N) is 1. The van der Waals surface area contributed by atoms with Gasteiger partial charge in [0.2, 0.25) is 5.91 Å². The van der Waals surface area contributed by atoms with Crippen LogP contribution in [0.3, 0.4) is 0 Å². The Hall–Kier alpha value is -2.61. The first kappa shape index (κ1) is 18.7. The Morgan fingerprint density at radius 2 is 1.82 bits per heavy atom. The molecule has 0 bridgehead atoms. The number of aromatic nitrogens is 2. The van der Waals surface area contributed by atoms with E-state index < -0.39 is 5.91 Å². The minimum absolute atomic E-state index is 0.134. The topological polar surface area (TPSA) is 78.0 Å². The summed E-state index contributed by atoms with van der Waals surface area (Å²) in [5, 5.41) is 3.11. The average Bonchev–Trinajstić information content (AvgIpc) is 3.17. The minimum Gasteiger partial charge on any atom is -0.366 e. The quantitative estimate of drug-likeness (QED) is 0.376. The largest absolute Gasteiger partial charge is 0.366 e. The number of carbonyl (C=O) groups is 1. The normalized spacial score (nSPS) is 11.0. The van der Waals surface area contributed by atoms with Crippen molar-refractivity contribution in [2.24, 2.45) is 5.73 Å². The van der Waals surface area contributed by atoms with Gasteiger partial charge in [0.15, 0.2) is 5.16 Å². The molecule has 8 heteroatoms. The van der Waals surface area contributed by atoms with Gasteiger partial charge in [-0.2, -0.15) is 0 Å². The fourth-order valence-corrected chi connectivity index (χ4v) is 4.57. The van der Waals surface area contributed by atoms with Crippen molar-refractivity contribution < 1.29 is 4.79 Å². The molecule has 0 spiro atoms. The van der Waals surface area contributed by atoms with Crippen molar-refractivity contribution in [3.05, 3.63) is 86.5 Å². The third-order valence-corrected chi connectivity index (χ3v) is 6.29. The number of halogens is 1. The van der Waals surface area contributed by atoms with E-state index in [1.807, 2.05) is 35.7 Å². The van der Waals surface area contributed by atoms with E-state index in [0.29, 0.717) is 37.4 Å². The Balaban J connectivity index is 1.77. The maximum atomic E-state index is 13.1. The molecule has 2 N–H and O–H groups in total. The Morgan fingerprint density at radius 3 is 2.50 bits per heavy atom. The number of thiophene rings is 1. The second kappa shape index (κ2) is 7.79. The summed E-state index contributed by atoms with van der Waals surface area (Å²) < 4.78 is 2.17. The summed E-state index contributed by atoms with van der Waals surface area (Å²) >= 11 is 8.77. The minimum atomic E-state index is -0.511. The molecule has 2 aromatic carbocycles. The van der Waals surface area contributed by atoms with Gasteiger partial charge in [0.05, 0.1) is 11.2 Å². The molecule has 0 atom stereocenters. The molecule has 0 aliphatic carbocycles. The summed E-state index contributed by atoms with van der Waals surface area (Å²) in [5.74, 6) is 0.126. The van der Waals surface area contributed by atoms with Crippen LogP contribution in [0.25, 0.3) is 15.9 Å². The number of nitrogens with zero attached hydrogens (tertiary/aromatic N) is 2. The Kier molecular flexibility index (Phi) is 5.21. The second-order valence-corrected chi connectivity index (χ2v) is 8.29. The highest BCUT2D eigenvalue weighted by atomic mass is 35.5. The van der Waals surface area contributed by atoms with Crippen molar-refractivity contribution in [2.75, 3.05) is 0 Å². The van der Waals surface area contributed by atoms with Crippen LogP contribution in [-0.2, 0) is 5.75 Å². The van der Waals surface area contributed by atoms with Crippen molar-refractivity contribution in [3.8, 4) is 5.69 Å². The maximum Gasteiger partial charge on any atom is 0.276 e. The lowest BCUT2D eigenvalue weighted by molar-refractivity contribution is 0.100. The van der Waals surface area contributed by atoms with Gasteiger partial charge in [-0.15, -0.1) is 11.3 Å². The fraction of sp³-hybridized carbons (Fsp3) is 0.0500. The van der Waals surface area contributed by atoms with Gasteiger partial charge in [-0.3, -0.25) is 14.2 Å². The van der Waals surface area contributed by atoms with Crippen molar-refractivity contribution in [3.63, 3.8) is 0 Å². The Morgan fingerprint density at radius 1 is 1.11 bits per heavy atom. The van der Waals surface area contributed by atoms with Crippen LogP contribution in [0.5, 0.6) is 0 Å². The summed E-state index contributed by atoms with van der Waals surface area (Å²) in [6, 6.07) is 16.0. The first-order chi connectivity index (χ1) is 13.5. The van der Waals surface area contributed by atoms with Crippen LogP contribution < -0.4 is 11.3 Å². The van der Waals surface area contributed by atoms with Gasteiger partial charge < -0.3 is 5.73 Å². The summed E-state index contributed by atoms with van der Waals surface area (Å²) in [6.45, 7) is 0. The van der Waals surface area contributed by atoms with Crippen LogP contribution in [0.2, 0.25) is 5.02 Å². The van der Waals surface area contributed by atoms with Crippen LogP contribution in [0.1, 0.15) is 15.9 Å². The molecular formula is C20H14ClN3O2S2. The first-order valence-corrected chi connectivity index (χ1v) is 10.5. The fourth-order valence-electron chi connectivity index (χ4n) is 2.72. The van der Waals surface area contributed by atoms with E-state index in [-0.39, 0.29) is 5.56 Å². The highest BCUT2D eigenvalue weighted by molar-refractivity contribution is 7.98. The molecular weight excluding hydrogens is 414 g/mol. The average molecular weight is 428 g/mol. The van der Waals surface area contributed by atoms with Gasteiger partial charge in [0.25, 0.3) is 5.56 Å². The number of hydrogen-bond acceptors (Lipinski definition) is 5. The Labute approximate surface area is 173 Å². The Bertz CT molecular complexity index is 1220. The number of benzene rings is 2. The first-order valence-electron chi connectivity index (χ1n) is 8.30.